The molecule has 3 aliphatic heterocycles. The van der Waals surface area contributed by atoms with E-state index in [9.17, 15) is 14.4 Å². The molecule has 1 saturated heterocycles. The van der Waals surface area contributed by atoms with Gasteiger partial charge >= 0.3 is 5.97 Å². The maximum Gasteiger partial charge on any atom is 0.338 e. The highest BCUT2D eigenvalue weighted by Crippen LogP contribution is 2.45. The number of esters is 1. The van der Waals surface area contributed by atoms with E-state index in [4.69, 9.17) is 4.74 Å². The van der Waals surface area contributed by atoms with Crippen molar-refractivity contribution in [1.82, 2.24) is 14.7 Å². The number of amides is 2. The van der Waals surface area contributed by atoms with Crippen LogP contribution in [0.2, 0.25) is 0 Å². The van der Waals surface area contributed by atoms with Crippen molar-refractivity contribution in [3.8, 4) is 0 Å². The van der Waals surface area contributed by atoms with Gasteiger partial charge in [-0.3, -0.25) is 9.59 Å². The first-order valence-corrected chi connectivity index (χ1v) is 12.5. The fourth-order valence-corrected chi connectivity index (χ4v) is 5.50. The number of ether oxygens (including phenoxy) is 1. The zero-order valence-corrected chi connectivity index (χ0v) is 21.1. The minimum Gasteiger partial charge on any atom is -0.458 e. The van der Waals surface area contributed by atoms with E-state index in [0.29, 0.717) is 37.4 Å². The second kappa shape index (κ2) is 10.5. The van der Waals surface area contributed by atoms with Gasteiger partial charge in [-0.05, 0) is 24.8 Å². The van der Waals surface area contributed by atoms with E-state index in [0.717, 1.165) is 22.0 Å². The molecule has 0 N–H and O–H groups in total. The molecule has 1 unspecified atom stereocenters. The first-order chi connectivity index (χ1) is 16.8. The summed E-state index contributed by atoms with van der Waals surface area (Å²) < 4.78 is 5.43. The third kappa shape index (κ3) is 5.19. The van der Waals surface area contributed by atoms with Crippen LogP contribution in [-0.2, 0) is 19.1 Å². The summed E-state index contributed by atoms with van der Waals surface area (Å²) in [5, 5.41) is 2.68. The van der Waals surface area contributed by atoms with E-state index in [2.05, 4.69) is 11.6 Å². The van der Waals surface area contributed by atoms with Crippen molar-refractivity contribution in [3.05, 3.63) is 70.4 Å². The second-order valence-electron chi connectivity index (χ2n) is 8.76. The summed E-state index contributed by atoms with van der Waals surface area (Å²) in [7, 11) is 0. The molecule has 1 aromatic carbocycles. The molecule has 0 radical (unpaired) electrons. The number of aliphatic imine (C=N–C) groups is 1. The van der Waals surface area contributed by atoms with Crippen molar-refractivity contribution in [2.75, 3.05) is 32.8 Å². The lowest BCUT2D eigenvalue weighted by atomic mass is 9.93. The van der Waals surface area contributed by atoms with Crippen molar-refractivity contribution in [2.24, 2.45) is 4.99 Å². The van der Waals surface area contributed by atoms with Crippen LogP contribution in [0, 0.1) is 6.92 Å². The van der Waals surface area contributed by atoms with Crippen molar-refractivity contribution in [1.29, 1.82) is 0 Å². The van der Waals surface area contributed by atoms with Gasteiger partial charge in [0.1, 0.15) is 6.61 Å². The average molecular weight is 495 g/mol. The fraction of sp³-hybridized carbons (Fsp3) is 0.385. The molecule has 0 bridgehead atoms. The number of nitrogens with zero attached hydrogens (tertiary/aromatic N) is 4. The largest absolute Gasteiger partial charge is 0.458 e. The third-order valence-corrected chi connectivity index (χ3v) is 7.21. The second-order valence-corrected chi connectivity index (χ2v) is 9.59. The van der Waals surface area contributed by atoms with E-state index in [-0.39, 0.29) is 24.8 Å². The Morgan fingerprint density at radius 1 is 1.17 bits per heavy atom. The zero-order chi connectivity index (χ0) is 25.1. The Labute approximate surface area is 210 Å². The van der Waals surface area contributed by atoms with E-state index in [1.54, 1.807) is 16.7 Å². The van der Waals surface area contributed by atoms with Gasteiger partial charge in [-0.2, -0.15) is 0 Å². The van der Waals surface area contributed by atoms with Gasteiger partial charge in [0.15, 0.2) is 5.17 Å². The van der Waals surface area contributed by atoms with Crippen LogP contribution in [0.3, 0.4) is 0 Å². The SMILES string of the molecule is C=CCOC(=O)C1=C(C)N=C2SC=C(CC(=O)N3CCN(C(C)=O)CC3)N2C1c1cccc(C)c1. The van der Waals surface area contributed by atoms with Gasteiger partial charge in [-0.15, -0.1) is 0 Å². The Morgan fingerprint density at radius 3 is 2.54 bits per heavy atom. The van der Waals surface area contributed by atoms with E-state index in [1.165, 1.54) is 17.8 Å². The number of carbonyl (C=O) groups excluding carboxylic acids is 3. The number of aryl methyl sites for hydroxylation is 1. The smallest absolute Gasteiger partial charge is 0.338 e. The maximum atomic E-state index is 13.2. The predicted octanol–water partition coefficient (Wildman–Crippen LogP) is 3.38. The topological polar surface area (TPSA) is 82.5 Å². The summed E-state index contributed by atoms with van der Waals surface area (Å²) in [6.45, 7) is 11.2. The maximum absolute atomic E-state index is 13.2. The van der Waals surface area contributed by atoms with Gasteiger partial charge in [0, 0.05) is 38.8 Å². The first kappa shape index (κ1) is 24.8. The molecule has 9 heteroatoms. The molecule has 0 saturated carbocycles. The van der Waals surface area contributed by atoms with Gasteiger partial charge in [0.2, 0.25) is 11.8 Å². The van der Waals surface area contributed by atoms with Crippen LogP contribution in [0.5, 0.6) is 0 Å². The lowest BCUT2D eigenvalue weighted by Gasteiger charge is -2.38. The minimum absolute atomic E-state index is 0.00801. The number of carbonyl (C=O) groups is 3. The van der Waals surface area contributed by atoms with Crippen molar-refractivity contribution >= 4 is 34.7 Å². The summed E-state index contributed by atoms with van der Waals surface area (Å²) in [6.07, 6.45) is 1.72. The highest BCUT2D eigenvalue weighted by molar-refractivity contribution is 8.16. The number of allylic oxidation sites excluding steroid dienone is 1. The molecule has 2 amide bonds. The number of hydrogen-bond acceptors (Lipinski definition) is 7. The summed E-state index contributed by atoms with van der Waals surface area (Å²) in [5.74, 6) is -0.425. The van der Waals surface area contributed by atoms with Crippen LogP contribution in [0.25, 0.3) is 0 Å². The summed E-state index contributed by atoms with van der Waals surface area (Å²) >= 11 is 1.45. The molecule has 3 aliphatic rings. The molecule has 1 fully saturated rings. The van der Waals surface area contributed by atoms with Crippen LogP contribution < -0.4 is 0 Å². The third-order valence-electron chi connectivity index (χ3n) is 6.32. The fourth-order valence-electron chi connectivity index (χ4n) is 4.54. The molecule has 0 aromatic heterocycles. The van der Waals surface area contributed by atoms with E-state index in [1.807, 2.05) is 48.4 Å². The zero-order valence-electron chi connectivity index (χ0n) is 20.3. The monoisotopic (exact) mass is 494 g/mol. The van der Waals surface area contributed by atoms with Crippen LogP contribution in [0.15, 0.2) is 64.3 Å². The van der Waals surface area contributed by atoms with Crippen LogP contribution in [0.1, 0.15) is 37.4 Å². The van der Waals surface area contributed by atoms with Crippen molar-refractivity contribution < 1.29 is 19.1 Å². The number of rotatable bonds is 6. The van der Waals surface area contributed by atoms with Gasteiger partial charge in [0.25, 0.3) is 0 Å². The first-order valence-electron chi connectivity index (χ1n) is 11.6. The van der Waals surface area contributed by atoms with Gasteiger partial charge in [-0.25, -0.2) is 9.79 Å². The van der Waals surface area contributed by atoms with Gasteiger partial charge in [-0.1, -0.05) is 54.2 Å². The van der Waals surface area contributed by atoms with Crippen LogP contribution in [0.4, 0.5) is 0 Å². The summed E-state index contributed by atoms with van der Waals surface area (Å²) in [4.78, 5) is 48.2. The molecule has 0 spiro atoms. The normalized spacial score (nSPS) is 19.7. The standard InChI is InChI=1S/C26H30N4O4S/c1-5-13-34-25(33)23-18(3)27-26-30(24(23)20-8-6-7-17(2)14-20)21(16-35-26)15-22(32)29-11-9-28(10-12-29)19(4)31/h5-8,14,16,24H,1,9-13,15H2,2-4H3. The highest BCUT2D eigenvalue weighted by Gasteiger charge is 2.41. The quantitative estimate of drug-likeness (QED) is 0.446. The minimum atomic E-state index is -0.455. The number of thioether (sulfide) groups is 1. The van der Waals surface area contributed by atoms with Crippen molar-refractivity contribution in [3.63, 3.8) is 0 Å². The molecule has 1 aromatic rings. The number of fused-ring (bicyclic) bond motifs is 1. The lowest BCUT2D eigenvalue weighted by Crippen LogP contribution is -2.50. The Hall–Kier alpha value is -3.33. The molecule has 184 valence electrons. The Bertz CT molecular complexity index is 1150. The molecule has 4 rings (SSSR count). The van der Waals surface area contributed by atoms with Crippen LogP contribution >= 0.6 is 11.8 Å². The summed E-state index contributed by atoms with van der Waals surface area (Å²) in [6, 6.07) is 7.55. The van der Waals surface area contributed by atoms with Crippen molar-refractivity contribution in [2.45, 2.75) is 33.2 Å². The van der Waals surface area contributed by atoms with E-state index < -0.39 is 12.0 Å². The number of piperazine rings is 1. The molecule has 0 aliphatic carbocycles. The van der Waals surface area contributed by atoms with Gasteiger partial charge < -0.3 is 19.4 Å². The Morgan fingerprint density at radius 2 is 1.89 bits per heavy atom. The number of hydrogen-bond donors (Lipinski definition) is 0. The van der Waals surface area contributed by atoms with Crippen LogP contribution in [-0.4, -0.2) is 70.4 Å². The highest BCUT2D eigenvalue weighted by atomic mass is 32.2. The summed E-state index contributed by atoms with van der Waals surface area (Å²) in [5.41, 5.74) is 3.85. The van der Waals surface area contributed by atoms with Gasteiger partial charge in [0.05, 0.1) is 23.7 Å². The molecule has 8 nitrogen and oxygen atoms in total. The predicted molar refractivity (Wildman–Crippen MR) is 136 cm³/mol. The number of amidine groups is 1. The number of benzene rings is 1. The average Bonchev–Trinajstić information content (AvgIpc) is 3.23. The molecular weight excluding hydrogens is 464 g/mol. The lowest BCUT2D eigenvalue weighted by molar-refractivity contribution is -0.138. The molecule has 3 heterocycles. The Kier molecular flexibility index (Phi) is 7.45. The molecule has 1 atom stereocenters. The molecule has 35 heavy (non-hydrogen) atoms. The Balaban J connectivity index is 1.61. The molecular formula is C26H30N4O4S. The van der Waals surface area contributed by atoms with E-state index >= 15 is 0 Å².